The first-order valence-electron chi connectivity index (χ1n) is 7.15. The van der Waals surface area contributed by atoms with Crippen LogP contribution >= 0.6 is 11.6 Å². The molecule has 0 aromatic heterocycles. The molecule has 6 heteroatoms. The van der Waals surface area contributed by atoms with Crippen LogP contribution in [0.3, 0.4) is 0 Å². The Bertz CT molecular complexity index is 642. The van der Waals surface area contributed by atoms with E-state index in [9.17, 15) is 13.2 Å². The lowest BCUT2D eigenvalue weighted by Crippen LogP contribution is -2.43. The first-order valence-corrected chi connectivity index (χ1v) is 9.42. The number of hydrogen-bond acceptors (Lipinski definition) is 3. The summed E-state index contributed by atoms with van der Waals surface area (Å²) < 4.78 is 23.3. The third kappa shape index (κ3) is 3.58. The standard InChI is InChI=1S/C15H20ClNO3S/c1-3-11-6-4-5-9-17(11)15(18)13-10-12(21(2,19)20)7-8-14(13)16/h7-8,10-11H,3-6,9H2,1-2H3. The number of nitrogens with zero attached hydrogens (tertiary/aromatic N) is 1. The third-order valence-electron chi connectivity index (χ3n) is 3.96. The smallest absolute Gasteiger partial charge is 0.255 e. The number of sulfone groups is 1. The van der Waals surface area contributed by atoms with Gasteiger partial charge in [-0.15, -0.1) is 0 Å². The van der Waals surface area contributed by atoms with Gasteiger partial charge in [-0.25, -0.2) is 8.42 Å². The van der Waals surface area contributed by atoms with Crippen molar-refractivity contribution < 1.29 is 13.2 Å². The van der Waals surface area contributed by atoms with Crippen LogP contribution in [0.2, 0.25) is 5.02 Å². The summed E-state index contributed by atoms with van der Waals surface area (Å²) in [6, 6.07) is 4.52. The topological polar surface area (TPSA) is 54.5 Å². The first-order chi connectivity index (χ1) is 9.84. The van der Waals surface area contributed by atoms with Gasteiger partial charge in [0.25, 0.3) is 5.91 Å². The number of rotatable bonds is 3. The molecule has 1 aromatic carbocycles. The van der Waals surface area contributed by atoms with Gasteiger partial charge in [-0.05, 0) is 43.9 Å². The van der Waals surface area contributed by atoms with Crippen molar-refractivity contribution in [3.8, 4) is 0 Å². The van der Waals surface area contributed by atoms with Crippen LogP contribution in [0, 0.1) is 0 Å². The molecule has 1 heterocycles. The number of carbonyl (C=O) groups is 1. The van der Waals surface area contributed by atoms with Gasteiger partial charge in [0.05, 0.1) is 15.5 Å². The molecular weight excluding hydrogens is 310 g/mol. The van der Waals surface area contributed by atoms with E-state index in [1.807, 2.05) is 4.90 Å². The Kier molecular flexibility index (Phi) is 4.94. The summed E-state index contributed by atoms with van der Waals surface area (Å²) in [6.07, 6.45) is 5.12. The lowest BCUT2D eigenvalue weighted by Gasteiger charge is -2.35. The number of benzene rings is 1. The van der Waals surface area contributed by atoms with Crippen LogP contribution in [0.15, 0.2) is 23.1 Å². The van der Waals surface area contributed by atoms with Crippen LogP contribution in [0.1, 0.15) is 43.0 Å². The molecule has 0 saturated carbocycles. The second kappa shape index (κ2) is 6.36. The molecule has 1 aliphatic heterocycles. The number of likely N-dealkylation sites (tertiary alicyclic amines) is 1. The molecule has 21 heavy (non-hydrogen) atoms. The highest BCUT2D eigenvalue weighted by Gasteiger charge is 2.28. The Labute approximate surface area is 131 Å². The van der Waals surface area contributed by atoms with Crippen LogP contribution in [0.25, 0.3) is 0 Å². The zero-order valence-corrected chi connectivity index (χ0v) is 13.9. The maximum atomic E-state index is 12.7. The normalized spacial score (nSPS) is 19.6. The largest absolute Gasteiger partial charge is 0.336 e. The van der Waals surface area contributed by atoms with E-state index >= 15 is 0 Å². The van der Waals surface area contributed by atoms with Crippen molar-refractivity contribution in [2.24, 2.45) is 0 Å². The maximum Gasteiger partial charge on any atom is 0.255 e. The van der Waals surface area contributed by atoms with Crippen LogP contribution in [-0.2, 0) is 9.84 Å². The number of carbonyl (C=O) groups excluding carboxylic acids is 1. The molecule has 1 atom stereocenters. The van der Waals surface area contributed by atoms with Crippen LogP contribution in [0.5, 0.6) is 0 Å². The molecular formula is C15H20ClNO3S. The summed E-state index contributed by atoms with van der Waals surface area (Å²) in [6.45, 7) is 2.77. The summed E-state index contributed by atoms with van der Waals surface area (Å²) in [5.74, 6) is -0.169. The second-order valence-electron chi connectivity index (χ2n) is 5.47. The molecule has 116 valence electrons. The van der Waals surface area contributed by atoms with E-state index in [0.717, 1.165) is 31.9 Å². The molecule has 1 aromatic rings. The Balaban J connectivity index is 2.38. The number of piperidine rings is 1. The fraction of sp³-hybridized carbons (Fsp3) is 0.533. The summed E-state index contributed by atoms with van der Waals surface area (Å²) in [4.78, 5) is 14.7. The lowest BCUT2D eigenvalue weighted by molar-refractivity contribution is 0.0608. The molecule has 2 rings (SSSR count). The third-order valence-corrected chi connectivity index (χ3v) is 5.40. The minimum atomic E-state index is -3.35. The van der Waals surface area contributed by atoms with Crippen LogP contribution in [-0.4, -0.2) is 38.1 Å². The number of halogens is 1. The van der Waals surface area contributed by atoms with E-state index in [-0.39, 0.29) is 22.4 Å². The van der Waals surface area contributed by atoms with Gasteiger partial charge in [0.15, 0.2) is 9.84 Å². The number of hydrogen-bond donors (Lipinski definition) is 0. The second-order valence-corrected chi connectivity index (χ2v) is 7.89. The van der Waals surface area contributed by atoms with Crippen LogP contribution < -0.4 is 0 Å². The molecule has 4 nitrogen and oxygen atoms in total. The molecule has 1 aliphatic rings. The van der Waals surface area contributed by atoms with E-state index in [4.69, 9.17) is 11.6 Å². The van der Waals surface area contributed by atoms with Gasteiger partial charge >= 0.3 is 0 Å². The molecule has 1 fully saturated rings. The van der Waals surface area contributed by atoms with E-state index in [1.54, 1.807) is 0 Å². The van der Waals surface area contributed by atoms with Crippen LogP contribution in [0.4, 0.5) is 0 Å². The summed E-state index contributed by atoms with van der Waals surface area (Å²) in [5.41, 5.74) is 0.278. The zero-order valence-electron chi connectivity index (χ0n) is 12.3. The molecule has 0 aliphatic carbocycles. The Hall–Kier alpha value is -1.07. The molecule has 0 spiro atoms. The molecule has 0 radical (unpaired) electrons. The fourth-order valence-corrected chi connectivity index (χ4v) is 3.59. The monoisotopic (exact) mass is 329 g/mol. The van der Waals surface area contributed by atoms with Crippen molar-refractivity contribution in [2.45, 2.75) is 43.5 Å². The van der Waals surface area contributed by atoms with Gasteiger partial charge in [0.1, 0.15) is 0 Å². The Morgan fingerprint density at radius 2 is 2.10 bits per heavy atom. The van der Waals surface area contributed by atoms with Crippen molar-refractivity contribution in [3.05, 3.63) is 28.8 Å². The van der Waals surface area contributed by atoms with Gasteiger partial charge in [-0.1, -0.05) is 18.5 Å². The lowest BCUT2D eigenvalue weighted by atomic mass is 9.99. The summed E-state index contributed by atoms with van der Waals surface area (Å²) >= 11 is 6.11. The van der Waals surface area contributed by atoms with Crippen molar-refractivity contribution in [1.82, 2.24) is 4.90 Å². The first kappa shape index (κ1) is 16.3. The average molecular weight is 330 g/mol. The molecule has 0 N–H and O–H groups in total. The van der Waals surface area contributed by atoms with Crippen molar-refractivity contribution in [3.63, 3.8) is 0 Å². The predicted molar refractivity (Wildman–Crippen MR) is 83.5 cm³/mol. The molecule has 1 unspecified atom stereocenters. The van der Waals surface area contributed by atoms with E-state index < -0.39 is 9.84 Å². The summed E-state index contributed by atoms with van der Waals surface area (Å²) in [7, 11) is -3.35. The molecule has 1 saturated heterocycles. The Morgan fingerprint density at radius 3 is 2.71 bits per heavy atom. The maximum absolute atomic E-state index is 12.7. The highest BCUT2D eigenvalue weighted by Crippen LogP contribution is 2.26. The van der Waals surface area contributed by atoms with Gasteiger partial charge in [-0.2, -0.15) is 0 Å². The fourth-order valence-electron chi connectivity index (χ4n) is 2.75. The average Bonchev–Trinajstić information content (AvgIpc) is 2.45. The zero-order chi connectivity index (χ0) is 15.6. The van der Waals surface area contributed by atoms with Gasteiger partial charge in [-0.3, -0.25) is 4.79 Å². The number of amides is 1. The van der Waals surface area contributed by atoms with Crippen molar-refractivity contribution >= 4 is 27.3 Å². The minimum absolute atomic E-state index is 0.125. The van der Waals surface area contributed by atoms with E-state index in [2.05, 4.69) is 6.92 Å². The summed E-state index contributed by atoms with van der Waals surface area (Å²) in [5, 5.41) is 0.299. The van der Waals surface area contributed by atoms with Gasteiger partial charge < -0.3 is 4.90 Å². The minimum Gasteiger partial charge on any atom is -0.336 e. The Morgan fingerprint density at radius 1 is 1.38 bits per heavy atom. The SMILES string of the molecule is CCC1CCCCN1C(=O)c1cc(S(C)(=O)=O)ccc1Cl. The molecule has 0 bridgehead atoms. The quantitative estimate of drug-likeness (QED) is 0.856. The predicted octanol–water partition coefficient (Wildman–Crippen LogP) is 3.15. The molecule has 1 amide bonds. The highest BCUT2D eigenvalue weighted by molar-refractivity contribution is 7.90. The van der Waals surface area contributed by atoms with Gasteiger partial charge in [0.2, 0.25) is 0 Å². The van der Waals surface area contributed by atoms with Gasteiger partial charge in [0, 0.05) is 18.8 Å². The van der Waals surface area contributed by atoms with Crippen molar-refractivity contribution in [1.29, 1.82) is 0 Å². The highest BCUT2D eigenvalue weighted by atomic mass is 35.5. The van der Waals surface area contributed by atoms with Crippen molar-refractivity contribution in [2.75, 3.05) is 12.8 Å². The van der Waals surface area contributed by atoms with E-state index in [1.165, 1.54) is 18.2 Å². The van der Waals surface area contributed by atoms with E-state index in [0.29, 0.717) is 11.6 Å².